The third-order valence-corrected chi connectivity index (χ3v) is 8.59. The molecule has 1 atom stereocenters. The van der Waals surface area contributed by atoms with Crippen LogP contribution in [0.2, 0.25) is 0 Å². The molecule has 3 fully saturated rings. The molecule has 2 aliphatic heterocycles. The second-order valence-electron chi connectivity index (χ2n) is 11.0. The quantitative estimate of drug-likeness (QED) is 0.300. The second-order valence-corrected chi connectivity index (χ2v) is 11.4. The minimum atomic E-state index is -0.751. The Kier molecular flexibility index (Phi) is 8.01. The normalized spacial score (nSPS) is 18.4. The predicted octanol–water partition coefficient (Wildman–Crippen LogP) is 3.15. The van der Waals surface area contributed by atoms with Gasteiger partial charge in [0.15, 0.2) is 5.11 Å². The van der Waals surface area contributed by atoms with Crippen molar-refractivity contribution < 1.29 is 27.8 Å². The molecule has 232 valence electrons. The number of piperazine rings is 1. The number of hydrogen-bond acceptors (Lipinski definition) is 8. The Morgan fingerprint density at radius 2 is 1.73 bits per heavy atom. The molecule has 0 bridgehead atoms. The average Bonchev–Trinajstić information content (AvgIpc) is 3.81. The van der Waals surface area contributed by atoms with E-state index in [2.05, 4.69) is 10.6 Å². The number of ether oxygens (including phenoxy) is 2. The molecule has 3 aliphatic rings. The van der Waals surface area contributed by atoms with Gasteiger partial charge in [0.25, 0.3) is 0 Å². The van der Waals surface area contributed by atoms with E-state index in [1.807, 2.05) is 14.4 Å². The molecular formula is C30H32F2N6O5S. The van der Waals surface area contributed by atoms with Gasteiger partial charge in [0, 0.05) is 50.9 Å². The monoisotopic (exact) mass is 626 g/mol. The van der Waals surface area contributed by atoms with Crippen LogP contribution in [0.4, 0.5) is 30.6 Å². The van der Waals surface area contributed by atoms with Crippen molar-refractivity contribution in [2.45, 2.75) is 25.0 Å². The highest BCUT2D eigenvalue weighted by Crippen LogP contribution is 2.38. The number of anilines is 3. The maximum absolute atomic E-state index is 15.5. The van der Waals surface area contributed by atoms with Crippen LogP contribution in [0.3, 0.4) is 0 Å². The van der Waals surface area contributed by atoms with Gasteiger partial charge in [0.1, 0.15) is 23.3 Å². The number of amides is 1. The Hall–Kier alpha value is -4.46. The number of aromatic nitrogens is 1. The van der Waals surface area contributed by atoms with Crippen molar-refractivity contribution >= 4 is 57.4 Å². The number of nitrogens with one attached hydrogen (secondary N) is 2. The summed E-state index contributed by atoms with van der Waals surface area (Å²) in [6.07, 6.45) is 2.32. The van der Waals surface area contributed by atoms with Gasteiger partial charge in [-0.15, -0.1) is 0 Å². The molecule has 11 nitrogen and oxygen atoms in total. The topological polar surface area (TPSA) is 108 Å². The summed E-state index contributed by atoms with van der Waals surface area (Å²) in [4.78, 5) is 42.8. The van der Waals surface area contributed by atoms with E-state index in [1.165, 1.54) is 30.3 Å². The number of methoxy groups -OCH3 is 1. The first-order valence-electron chi connectivity index (χ1n) is 14.4. The van der Waals surface area contributed by atoms with Crippen molar-refractivity contribution in [3.63, 3.8) is 0 Å². The summed E-state index contributed by atoms with van der Waals surface area (Å²) in [6.45, 7) is 2.27. The number of hydrogen-bond donors (Lipinski definition) is 2. The lowest BCUT2D eigenvalue weighted by Crippen LogP contribution is -2.47. The number of pyridine rings is 1. The van der Waals surface area contributed by atoms with Gasteiger partial charge in [-0.05, 0) is 55.4 Å². The van der Waals surface area contributed by atoms with Crippen LogP contribution in [0.25, 0.3) is 10.9 Å². The van der Waals surface area contributed by atoms with Crippen molar-refractivity contribution in [1.29, 1.82) is 0 Å². The smallest absolute Gasteiger partial charge is 0.414 e. The Labute approximate surface area is 257 Å². The van der Waals surface area contributed by atoms with Gasteiger partial charge in [-0.1, -0.05) is 0 Å². The van der Waals surface area contributed by atoms with Crippen molar-refractivity contribution in [2.24, 2.45) is 0 Å². The van der Waals surface area contributed by atoms with Crippen LogP contribution in [0, 0.1) is 11.6 Å². The molecule has 2 aromatic carbocycles. The molecule has 3 aromatic rings. The second kappa shape index (κ2) is 11.9. The first-order chi connectivity index (χ1) is 21.2. The molecule has 1 aliphatic carbocycles. The lowest BCUT2D eigenvalue weighted by Gasteiger charge is -2.37. The molecule has 1 amide bonds. The van der Waals surface area contributed by atoms with Crippen LogP contribution >= 0.6 is 12.2 Å². The molecule has 1 saturated carbocycles. The fraction of sp³-hybridized carbons (Fsp3) is 0.400. The highest BCUT2D eigenvalue weighted by Gasteiger charge is 2.33. The van der Waals surface area contributed by atoms with Crippen molar-refractivity contribution in [3.05, 3.63) is 63.9 Å². The zero-order valence-corrected chi connectivity index (χ0v) is 25.1. The molecule has 1 aromatic heterocycles. The van der Waals surface area contributed by atoms with Crippen LogP contribution in [0.1, 0.15) is 29.2 Å². The van der Waals surface area contributed by atoms with E-state index in [4.69, 9.17) is 21.7 Å². The summed E-state index contributed by atoms with van der Waals surface area (Å²) >= 11 is 5.05. The fourth-order valence-corrected chi connectivity index (χ4v) is 5.84. The Morgan fingerprint density at radius 1 is 1.05 bits per heavy atom. The summed E-state index contributed by atoms with van der Waals surface area (Å²) in [6, 6.07) is 7.63. The highest BCUT2D eigenvalue weighted by atomic mass is 32.1. The zero-order valence-electron chi connectivity index (χ0n) is 24.3. The number of rotatable bonds is 7. The lowest BCUT2D eigenvalue weighted by atomic mass is 10.1. The number of carbonyl (C=O) groups excluding carboxylic acids is 2. The van der Waals surface area contributed by atoms with E-state index in [0.29, 0.717) is 60.4 Å². The highest BCUT2D eigenvalue weighted by molar-refractivity contribution is 7.80. The number of cyclic esters (lactones) is 1. The number of thiocarbonyl (C=S) groups is 1. The zero-order chi connectivity index (χ0) is 31.1. The van der Waals surface area contributed by atoms with Crippen LogP contribution < -0.4 is 30.8 Å². The molecule has 2 N–H and O–H groups in total. The van der Waals surface area contributed by atoms with E-state index in [-0.39, 0.29) is 23.5 Å². The summed E-state index contributed by atoms with van der Waals surface area (Å²) < 4.78 is 42.8. The molecule has 0 spiro atoms. The third kappa shape index (κ3) is 5.61. The molecule has 0 unspecified atom stereocenters. The number of halogens is 2. The summed E-state index contributed by atoms with van der Waals surface area (Å²) in [5.41, 5.74) is 1.01. The summed E-state index contributed by atoms with van der Waals surface area (Å²) in [5, 5.41) is 6.31. The Bertz CT molecular complexity index is 1710. The molecule has 3 heterocycles. The van der Waals surface area contributed by atoms with Gasteiger partial charge in [0.05, 0.1) is 42.8 Å². The van der Waals surface area contributed by atoms with Crippen molar-refractivity contribution in [2.75, 3.05) is 68.1 Å². The summed E-state index contributed by atoms with van der Waals surface area (Å²) in [5.74, 6) is -1.80. The number of carbonyl (C=O) groups is 2. The largest absolute Gasteiger partial charge is 0.465 e. The average molecular weight is 627 g/mol. The van der Waals surface area contributed by atoms with Gasteiger partial charge < -0.3 is 34.5 Å². The van der Waals surface area contributed by atoms with E-state index in [9.17, 15) is 14.4 Å². The van der Waals surface area contributed by atoms with E-state index < -0.39 is 35.2 Å². The van der Waals surface area contributed by atoms with Crippen LogP contribution in [-0.2, 0) is 9.47 Å². The van der Waals surface area contributed by atoms with Crippen LogP contribution in [-0.4, -0.2) is 81.3 Å². The maximum Gasteiger partial charge on any atom is 0.414 e. The third-order valence-electron chi connectivity index (χ3n) is 8.24. The predicted molar refractivity (Wildman–Crippen MR) is 166 cm³/mol. The van der Waals surface area contributed by atoms with Crippen molar-refractivity contribution in [3.8, 4) is 0 Å². The number of esters is 1. The molecular weight excluding hydrogens is 594 g/mol. The Balaban J connectivity index is 1.16. The van der Waals surface area contributed by atoms with E-state index in [0.717, 1.165) is 12.8 Å². The fourth-order valence-electron chi connectivity index (χ4n) is 5.75. The van der Waals surface area contributed by atoms with Gasteiger partial charge >= 0.3 is 12.1 Å². The summed E-state index contributed by atoms with van der Waals surface area (Å²) in [7, 11) is 2.89. The van der Waals surface area contributed by atoms with Crippen LogP contribution in [0.5, 0.6) is 0 Å². The number of fused-ring (bicyclic) bond motifs is 1. The lowest BCUT2D eigenvalue weighted by molar-refractivity contribution is 0.0598. The minimum absolute atomic E-state index is 0.117. The van der Waals surface area contributed by atoms with E-state index >= 15 is 8.78 Å². The van der Waals surface area contributed by atoms with Gasteiger partial charge in [-0.3, -0.25) is 9.69 Å². The van der Waals surface area contributed by atoms with Gasteiger partial charge in [-0.25, -0.2) is 18.4 Å². The number of nitrogens with zero attached hydrogens (tertiary/aromatic N) is 4. The first kappa shape index (κ1) is 29.6. The van der Waals surface area contributed by atoms with E-state index in [1.54, 1.807) is 25.2 Å². The molecule has 2 saturated heterocycles. The van der Waals surface area contributed by atoms with Gasteiger partial charge in [-0.2, -0.15) is 0 Å². The van der Waals surface area contributed by atoms with Gasteiger partial charge in [0.2, 0.25) is 5.43 Å². The standard InChI is InChI=1S/C30H32F2N6O5S/c1-33-29(44)34-14-19-15-38(30(41)43-19)18-5-6-24(22(31)11-18)35-7-9-36(10-8-35)26-13-25-20(12-23(26)32)27(39)21(28(40)42-2)16-37(25)17-3-4-17/h5-6,11-13,16-17,19H,3-4,7-10,14-15H2,1-2H3,(H2,33,34,44)/t19-/m0/s1. The maximum atomic E-state index is 15.5. The molecule has 6 rings (SSSR count). The number of benzene rings is 2. The SMILES string of the molecule is CNC(=S)NC[C@H]1CN(c2ccc(N3CCN(c4cc5c(cc4F)c(=O)c(C(=O)OC)cn5C4CC4)CC3)c(F)c2)C(=O)O1. The molecule has 14 heteroatoms. The van der Waals surface area contributed by atoms with Crippen molar-refractivity contribution in [1.82, 2.24) is 15.2 Å². The minimum Gasteiger partial charge on any atom is -0.465 e. The molecule has 44 heavy (non-hydrogen) atoms. The first-order valence-corrected chi connectivity index (χ1v) is 14.8. The van der Waals surface area contributed by atoms with Crippen LogP contribution in [0.15, 0.2) is 41.3 Å². The molecule has 0 radical (unpaired) electrons. The Morgan fingerprint density at radius 3 is 2.36 bits per heavy atom.